The van der Waals surface area contributed by atoms with Crippen molar-refractivity contribution in [1.29, 1.82) is 0 Å². The topological polar surface area (TPSA) is 137 Å². The Morgan fingerprint density at radius 3 is 2.49 bits per heavy atom. The average molecular weight is 564 g/mol. The van der Waals surface area contributed by atoms with Crippen LogP contribution in [0.3, 0.4) is 0 Å². The van der Waals surface area contributed by atoms with Gasteiger partial charge in [-0.15, -0.1) is 0 Å². The number of H-pyrrole nitrogens is 1. The molecule has 0 atom stereocenters. The molecule has 3 aromatic rings. The molecular formula is C30H37N5O6. The van der Waals surface area contributed by atoms with E-state index in [2.05, 4.69) is 25.6 Å². The van der Waals surface area contributed by atoms with E-state index in [9.17, 15) is 9.59 Å². The van der Waals surface area contributed by atoms with Crippen molar-refractivity contribution < 1.29 is 28.5 Å². The van der Waals surface area contributed by atoms with Gasteiger partial charge in [-0.1, -0.05) is 6.42 Å². The number of aromatic nitrogens is 3. The molecule has 11 heteroatoms. The Labute approximate surface area is 238 Å². The Kier molecular flexibility index (Phi) is 7.35. The number of hydrogen-bond acceptors (Lipinski definition) is 8. The van der Waals surface area contributed by atoms with Crippen molar-refractivity contribution in [1.82, 2.24) is 25.6 Å². The Balaban J connectivity index is 1.17. The minimum absolute atomic E-state index is 0.0000983. The Morgan fingerprint density at radius 1 is 1.02 bits per heavy atom. The number of carbonyl (C=O) groups is 2. The summed E-state index contributed by atoms with van der Waals surface area (Å²) < 4.78 is 23.1. The number of hydrogen-bond donors (Lipinski definition) is 3. The van der Waals surface area contributed by atoms with E-state index < -0.39 is 11.7 Å². The van der Waals surface area contributed by atoms with Gasteiger partial charge in [0.15, 0.2) is 11.5 Å². The summed E-state index contributed by atoms with van der Waals surface area (Å²) in [6, 6.07) is 3.77. The zero-order valence-corrected chi connectivity index (χ0v) is 23.7. The van der Waals surface area contributed by atoms with Crippen molar-refractivity contribution in [2.24, 2.45) is 5.92 Å². The van der Waals surface area contributed by atoms with Gasteiger partial charge in [-0.3, -0.25) is 4.79 Å². The summed E-state index contributed by atoms with van der Waals surface area (Å²) in [5, 5.41) is 6.09. The number of amides is 2. The number of rotatable bonds is 7. The third-order valence-electron chi connectivity index (χ3n) is 7.93. The lowest BCUT2D eigenvalue weighted by Gasteiger charge is -2.30. The van der Waals surface area contributed by atoms with Crippen molar-refractivity contribution in [3.63, 3.8) is 0 Å². The standard InChI is InChI=1S/C30H37N5O6/c1-30(2,3)41-29(37)35-19-9-7-18(8-10-19)34-28(36)20-13-31-26-24(20)32-15-33-25(26)23-21(38-14-17-5-4-6-17)11-12-22-27(23)40-16-39-22/h11-13,15,17-19,31H,4-10,14,16H2,1-3H3,(H,34,36)(H,35,37). The van der Waals surface area contributed by atoms with Crippen LogP contribution in [0.2, 0.25) is 0 Å². The van der Waals surface area contributed by atoms with E-state index in [4.69, 9.17) is 18.9 Å². The summed E-state index contributed by atoms with van der Waals surface area (Å²) in [6.07, 6.45) is 9.34. The highest BCUT2D eigenvalue weighted by Gasteiger charge is 2.30. The van der Waals surface area contributed by atoms with Gasteiger partial charge >= 0.3 is 6.09 Å². The molecule has 0 spiro atoms. The quantitative estimate of drug-likeness (QED) is 0.361. The van der Waals surface area contributed by atoms with Crippen LogP contribution in [0.15, 0.2) is 24.7 Å². The molecule has 1 aliphatic heterocycles. The second-order valence-electron chi connectivity index (χ2n) is 12.1. The van der Waals surface area contributed by atoms with Gasteiger partial charge < -0.3 is 34.6 Å². The number of nitrogens with one attached hydrogen (secondary N) is 3. The molecule has 3 heterocycles. The van der Waals surface area contributed by atoms with Crippen LogP contribution in [0.4, 0.5) is 4.79 Å². The van der Waals surface area contributed by atoms with Crippen molar-refractivity contribution in [3.8, 4) is 28.5 Å². The fourth-order valence-corrected chi connectivity index (χ4v) is 5.59. The minimum atomic E-state index is -0.538. The van der Waals surface area contributed by atoms with E-state index in [0.717, 1.165) is 25.7 Å². The summed E-state index contributed by atoms with van der Waals surface area (Å²) in [6.45, 7) is 6.28. The van der Waals surface area contributed by atoms with Gasteiger partial charge in [-0.2, -0.15) is 0 Å². The third-order valence-corrected chi connectivity index (χ3v) is 7.93. The van der Waals surface area contributed by atoms with Gasteiger partial charge in [-0.25, -0.2) is 14.8 Å². The molecule has 0 unspecified atom stereocenters. The lowest BCUT2D eigenvalue weighted by molar-refractivity contribution is 0.0488. The minimum Gasteiger partial charge on any atom is -0.492 e. The van der Waals surface area contributed by atoms with Gasteiger partial charge in [0, 0.05) is 18.3 Å². The van der Waals surface area contributed by atoms with Gasteiger partial charge in [0.05, 0.1) is 23.3 Å². The number of fused-ring (bicyclic) bond motifs is 2. The summed E-state index contributed by atoms with van der Waals surface area (Å²) in [5.74, 6) is 2.22. The smallest absolute Gasteiger partial charge is 0.407 e. The van der Waals surface area contributed by atoms with Crippen LogP contribution < -0.4 is 24.8 Å². The van der Waals surface area contributed by atoms with E-state index in [-0.39, 0.29) is 24.8 Å². The van der Waals surface area contributed by atoms with Crippen LogP contribution in [0.25, 0.3) is 22.3 Å². The maximum absolute atomic E-state index is 13.4. The molecule has 2 amide bonds. The van der Waals surface area contributed by atoms with Gasteiger partial charge in [0.2, 0.25) is 6.79 Å². The van der Waals surface area contributed by atoms with Crippen molar-refractivity contribution >= 4 is 23.0 Å². The Hall–Kier alpha value is -4.02. The normalized spacial score (nSPS) is 20.4. The number of benzene rings is 1. The average Bonchev–Trinajstić information content (AvgIpc) is 3.55. The lowest BCUT2D eigenvalue weighted by Crippen LogP contribution is -2.45. The third kappa shape index (κ3) is 5.89. The number of nitrogens with zero attached hydrogens (tertiary/aromatic N) is 2. The molecule has 0 bridgehead atoms. The molecule has 3 N–H and O–H groups in total. The van der Waals surface area contributed by atoms with E-state index in [1.807, 2.05) is 32.9 Å². The van der Waals surface area contributed by atoms with Gasteiger partial charge in [0.25, 0.3) is 5.91 Å². The lowest BCUT2D eigenvalue weighted by atomic mass is 9.86. The van der Waals surface area contributed by atoms with Crippen LogP contribution >= 0.6 is 0 Å². The first-order chi connectivity index (χ1) is 19.7. The largest absolute Gasteiger partial charge is 0.492 e. The molecule has 0 saturated heterocycles. The molecule has 6 rings (SSSR count). The molecule has 11 nitrogen and oxygen atoms in total. The molecule has 1 aromatic carbocycles. The first-order valence-corrected chi connectivity index (χ1v) is 14.4. The van der Waals surface area contributed by atoms with Crippen LogP contribution in [0.1, 0.15) is 76.1 Å². The Bertz CT molecular complexity index is 1440. The fourth-order valence-electron chi connectivity index (χ4n) is 5.59. The summed E-state index contributed by atoms with van der Waals surface area (Å²) in [7, 11) is 0. The van der Waals surface area contributed by atoms with Crippen molar-refractivity contribution in [3.05, 3.63) is 30.2 Å². The van der Waals surface area contributed by atoms with Crippen LogP contribution in [-0.2, 0) is 4.74 Å². The zero-order valence-electron chi connectivity index (χ0n) is 23.7. The first kappa shape index (κ1) is 27.2. The molecule has 2 aromatic heterocycles. The summed E-state index contributed by atoms with van der Waals surface area (Å²) >= 11 is 0. The molecule has 2 saturated carbocycles. The first-order valence-electron chi connectivity index (χ1n) is 14.4. The molecule has 218 valence electrons. The summed E-state index contributed by atoms with van der Waals surface area (Å²) in [4.78, 5) is 37.8. The second kappa shape index (κ2) is 11.1. The zero-order chi connectivity index (χ0) is 28.6. The van der Waals surface area contributed by atoms with E-state index >= 15 is 0 Å². The Morgan fingerprint density at radius 2 is 1.78 bits per heavy atom. The van der Waals surface area contributed by atoms with E-state index in [1.165, 1.54) is 25.6 Å². The van der Waals surface area contributed by atoms with Crippen LogP contribution in [-0.4, -0.2) is 58.0 Å². The molecule has 0 radical (unpaired) electrons. The maximum Gasteiger partial charge on any atom is 0.407 e. The van der Waals surface area contributed by atoms with Gasteiger partial charge in [-0.05, 0) is 77.3 Å². The number of carbonyl (C=O) groups excluding carboxylic acids is 2. The van der Waals surface area contributed by atoms with E-state index in [1.54, 1.807) is 6.20 Å². The molecular weight excluding hydrogens is 526 g/mol. The summed E-state index contributed by atoms with van der Waals surface area (Å²) in [5.41, 5.74) is 2.34. The van der Waals surface area contributed by atoms with Crippen molar-refractivity contribution in [2.45, 2.75) is 83.4 Å². The molecule has 41 heavy (non-hydrogen) atoms. The SMILES string of the molecule is CC(C)(C)OC(=O)NC1CCC(NC(=O)c2c[nH]c3c(-c4c(OCC5CCC5)ccc5c4OCO5)ncnc23)CC1. The highest BCUT2D eigenvalue weighted by Crippen LogP contribution is 2.48. The highest BCUT2D eigenvalue weighted by molar-refractivity contribution is 6.08. The molecule has 2 fully saturated rings. The predicted octanol–water partition coefficient (Wildman–Crippen LogP) is 5.10. The second-order valence-corrected chi connectivity index (χ2v) is 12.1. The maximum atomic E-state index is 13.4. The number of ether oxygens (including phenoxy) is 4. The highest BCUT2D eigenvalue weighted by atomic mass is 16.7. The van der Waals surface area contributed by atoms with Crippen LogP contribution in [0.5, 0.6) is 17.2 Å². The van der Waals surface area contributed by atoms with E-state index in [0.29, 0.717) is 57.6 Å². The predicted molar refractivity (Wildman–Crippen MR) is 151 cm³/mol. The fraction of sp³-hybridized carbons (Fsp3) is 0.533. The number of alkyl carbamates (subject to hydrolysis) is 1. The molecule has 2 aliphatic carbocycles. The number of aromatic amines is 1. The monoisotopic (exact) mass is 563 g/mol. The van der Waals surface area contributed by atoms with Crippen LogP contribution in [0, 0.1) is 5.92 Å². The molecule has 3 aliphatic rings. The van der Waals surface area contributed by atoms with Gasteiger partial charge in [0.1, 0.15) is 28.9 Å². The van der Waals surface area contributed by atoms with Crippen molar-refractivity contribution in [2.75, 3.05) is 13.4 Å².